The first kappa shape index (κ1) is 19.2. The summed E-state index contributed by atoms with van der Waals surface area (Å²) < 4.78 is 13.6. The van der Waals surface area contributed by atoms with Crippen LogP contribution in [0.5, 0.6) is 0 Å². The molecule has 0 unspecified atom stereocenters. The minimum absolute atomic E-state index is 0.325. The highest BCUT2D eigenvalue weighted by Crippen LogP contribution is 2.37. The van der Waals surface area contributed by atoms with Gasteiger partial charge in [0.1, 0.15) is 11.5 Å². The Bertz CT molecular complexity index is 1230. The van der Waals surface area contributed by atoms with Gasteiger partial charge in [-0.3, -0.25) is 9.59 Å². The van der Waals surface area contributed by atoms with Gasteiger partial charge in [-0.2, -0.15) is 0 Å². The van der Waals surface area contributed by atoms with E-state index in [9.17, 15) is 14.0 Å². The van der Waals surface area contributed by atoms with Crippen molar-refractivity contribution in [1.82, 2.24) is 4.90 Å². The summed E-state index contributed by atoms with van der Waals surface area (Å²) in [5.41, 5.74) is 5.16. The van der Waals surface area contributed by atoms with E-state index in [1.165, 1.54) is 22.6 Å². The third-order valence-corrected chi connectivity index (χ3v) is 5.90. The number of imide groups is 1. The van der Waals surface area contributed by atoms with Crippen molar-refractivity contribution in [2.45, 2.75) is 19.9 Å². The number of rotatable bonds is 3. The van der Waals surface area contributed by atoms with Crippen LogP contribution in [0.2, 0.25) is 0 Å². The maximum atomic E-state index is 13.6. The predicted octanol–water partition coefficient (Wildman–Crippen LogP) is 4.48. The van der Waals surface area contributed by atoms with Gasteiger partial charge in [-0.15, -0.1) is 0 Å². The SMILES string of the molecule is Cc1cccc(N2C(=O)C(c3ccc(F)cc3)=C(N3CCc4ccccc4C3)C2=O)c1. The number of fused-ring (bicyclic) bond motifs is 1. The van der Waals surface area contributed by atoms with E-state index in [2.05, 4.69) is 12.1 Å². The number of amides is 2. The zero-order valence-corrected chi connectivity index (χ0v) is 17.1. The van der Waals surface area contributed by atoms with E-state index in [1.54, 1.807) is 18.2 Å². The Morgan fingerprint density at radius 3 is 2.32 bits per heavy atom. The second kappa shape index (κ2) is 7.51. The molecule has 0 saturated heterocycles. The third-order valence-electron chi connectivity index (χ3n) is 5.90. The van der Waals surface area contributed by atoms with Gasteiger partial charge in [0.2, 0.25) is 0 Å². The van der Waals surface area contributed by atoms with E-state index in [-0.39, 0.29) is 17.6 Å². The lowest BCUT2D eigenvalue weighted by Crippen LogP contribution is -2.37. The maximum Gasteiger partial charge on any atom is 0.282 e. The summed E-state index contributed by atoms with van der Waals surface area (Å²) in [7, 11) is 0. The Kier molecular flexibility index (Phi) is 4.66. The van der Waals surface area contributed by atoms with Crippen molar-refractivity contribution < 1.29 is 14.0 Å². The van der Waals surface area contributed by atoms with Crippen LogP contribution in [0.4, 0.5) is 10.1 Å². The summed E-state index contributed by atoms with van der Waals surface area (Å²) >= 11 is 0. The van der Waals surface area contributed by atoms with Gasteiger partial charge in [-0.05, 0) is 59.9 Å². The molecule has 2 aliphatic heterocycles. The second-order valence-corrected chi connectivity index (χ2v) is 7.96. The Morgan fingerprint density at radius 1 is 0.839 bits per heavy atom. The van der Waals surface area contributed by atoms with Gasteiger partial charge in [0.25, 0.3) is 11.8 Å². The number of anilines is 1. The molecule has 5 rings (SSSR count). The number of hydrogen-bond donors (Lipinski definition) is 0. The summed E-state index contributed by atoms with van der Waals surface area (Å²) in [6.45, 7) is 3.11. The first-order valence-electron chi connectivity index (χ1n) is 10.3. The van der Waals surface area contributed by atoms with Crippen molar-refractivity contribution in [3.8, 4) is 0 Å². The fourth-order valence-electron chi connectivity index (χ4n) is 4.38. The van der Waals surface area contributed by atoms with Crippen LogP contribution >= 0.6 is 0 Å². The number of nitrogens with zero attached hydrogens (tertiary/aromatic N) is 2. The molecule has 0 saturated carbocycles. The van der Waals surface area contributed by atoms with Gasteiger partial charge < -0.3 is 4.90 Å². The highest BCUT2D eigenvalue weighted by atomic mass is 19.1. The van der Waals surface area contributed by atoms with Gasteiger partial charge in [-0.25, -0.2) is 9.29 Å². The molecule has 31 heavy (non-hydrogen) atoms. The van der Waals surface area contributed by atoms with E-state index in [4.69, 9.17) is 0 Å². The quantitative estimate of drug-likeness (QED) is 0.596. The number of carbonyl (C=O) groups excluding carboxylic acids is 2. The van der Waals surface area contributed by atoms with E-state index < -0.39 is 0 Å². The molecular formula is C26H21FN2O2. The molecule has 2 heterocycles. The molecule has 0 spiro atoms. The van der Waals surface area contributed by atoms with Crippen molar-refractivity contribution in [3.05, 3.63) is 107 Å². The van der Waals surface area contributed by atoms with Crippen LogP contribution in [-0.4, -0.2) is 23.3 Å². The fourth-order valence-corrected chi connectivity index (χ4v) is 4.38. The molecule has 3 aromatic rings. The van der Waals surface area contributed by atoms with Crippen molar-refractivity contribution in [2.75, 3.05) is 11.4 Å². The highest BCUT2D eigenvalue weighted by molar-refractivity contribution is 6.45. The van der Waals surface area contributed by atoms with Crippen LogP contribution in [0.15, 0.2) is 78.5 Å². The average molecular weight is 412 g/mol. The summed E-state index contributed by atoms with van der Waals surface area (Å²) in [4.78, 5) is 30.4. The maximum absolute atomic E-state index is 13.6. The van der Waals surface area contributed by atoms with Crippen LogP contribution in [0.1, 0.15) is 22.3 Å². The largest absolute Gasteiger partial charge is 0.362 e. The van der Waals surface area contributed by atoms with Crippen molar-refractivity contribution in [3.63, 3.8) is 0 Å². The molecule has 0 radical (unpaired) electrons. The number of halogens is 1. The summed E-state index contributed by atoms with van der Waals surface area (Å²) in [6.07, 6.45) is 0.794. The summed E-state index contributed by atoms with van der Waals surface area (Å²) in [6, 6.07) is 21.3. The van der Waals surface area contributed by atoms with Crippen molar-refractivity contribution in [1.29, 1.82) is 0 Å². The second-order valence-electron chi connectivity index (χ2n) is 7.96. The Labute approximate surface area is 180 Å². The molecule has 2 aliphatic rings. The molecule has 0 fully saturated rings. The highest BCUT2D eigenvalue weighted by Gasteiger charge is 2.43. The average Bonchev–Trinajstić information content (AvgIpc) is 3.04. The number of hydrogen-bond acceptors (Lipinski definition) is 3. The van der Waals surface area contributed by atoms with E-state index in [1.807, 2.05) is 42.2 Å². The van der Waals surface area contributed by atoms with Gasteiger partial charge in [0.15, 0.2) is 0 Å². The molecule has 154 valence electrons. The van der Waals surface area contributed by atoms with Crippen LogP contribution < -0.4 is 4.90 Å². The smallest absolute Gasteiger partial charge is 0.282 e. The van der Waals surface area contributed by atoms with Gasteiger partial charge in [0, 0.05) is 13.1 Å². The zero-order chi connectivity index (χ0) is 21.5. The van der Waals surface area contributed by atoms with Gasteiger partial charge >= 0.3 is 0 Å². The molecule has 0 N–H and O–H groups in total. The molecule has 4 nitrogen and oxygen atoms in total. The molecule has 5 heteroatoms. The molecule has 3 aromatic carbocycles. The van der Waals surface area contributed by atoms with E-state index >= 15 is 0 Å². The van der Waals surface area contributed by atoms with Crippen LogP contribution in [0, 0.1) is 12.7 Å². The van der Waals surface area contributed by atoms with Crippen molar-refractivity contribution >= 4 is 23.1 Å². The first-order valence-corrected chi connectivity index (χ1v) is 10.3. The Morgan fingerprint density at radius 2 is 1.58 bits per heavy atom. The zero-order valence-electron chi connectivity index (χ0n) is 17.1. The summed E-state index contributed by atoms with van der Waals surface area (Å²) in [5.74, 6) is -1.10. The minimum atomic E-state index is -0.384. The third kappa shape index (κ3) is 3.32. The minimum Gasteiger partial charge on any atom is -0.362 e. The molecular weight excluding hydrogens is 391 g/mol. The lowest BCUT2D eigenvalue weighted by atomic mass is 9.98. The number of aryl methyl sites for hydroxylation is 1. The Balaban J connectivity index is 1.63. The number of benzene rings is 3. The molecule has 2 amide bonds. The van der Waals surface area contributed by atoms with Crippen LogP contribution in [0.25, 0.3) is 5.57 Å². The Hall–Kier alpha value is -3.73. The van der Waals surface area contributed by atoms with Gasteiger partial charge in [-0.1, -0.05) is 48.5 Å². The van der Waals surface area contributed by atoms with Crippen LogP contribution in [-0.2, 0) is 22.6 Å². The van der Waals surface area contributed by atoms with Crippen molar-refractivity contribution in [2.24, 2.45) is 0 Å². The normalized spacial score (nSPS) is 16.2. The topological polar surface area (TPSA) is 40.6 Å². The van der Waals surface area contributed by atoms with E-state index in [0.29, 0.717) is 35.6 Å². The summed E-state index contributed by atoms with van der Waals surface area (Å²) in [5, 5.41) is 0. The lowest BCUT2D eigenvalue weighted by Gasteiger charge is -2.31. The first-order chi connectivity index (χ1) is 15.0. The van der Waals surface area contributed by atoms with E-state index in [0.717, 1.165) is 17.5 Å². The van der Waals surface area contributed by atoms with Crippen LogP contribution in [0.3, 0.4) is 0 Å². The molecule has 0 aromatic heterocycles. The molecule has 0 bridgehead atoms. The fraction of sp³-hybridized carbons (Fsp3) is 0.154. The predicted molar refractivity (Wildman–Crippen MR) is 118 cm³/mol. The van der Waals surface area contributed by atoms with Gasteiger partial charge in [0.05, 0.1) is 11.3 Å². The number of carbonyl (C=O) groups is 2. The lowest BCUT2D eigenvalue weighted by molar-refractivity contribution is -0.120. The molecule has 0 atom stereocenters. The monoisotopic (exact) mass is 412 g/mol. The molecule has 0 aliphatic carbocycles. The standard InChI is InChI=1S/C26H21FN2O2/c1-17-5-4-8-22(15-17)29-25(30)23(19-9-11-21(27)12-10-19)24(26(29)31)28-14-13-18-6-2-3-7-20(18)16-28/h2-12,15H,13-14,16H2,1H3.